The molecular formula is C22H20N2O4S. The van der Waals surface area contributed by atoms with E-state index in [-0.39, 0.29) is 18.0 Å². The molecule has 3 aromatic carbocycles. The van der Waals surface area contributed by atoms with Crippen molar-refractivity contribution in [3.8, 4) is 5.75 Å². The summed E-state index contributed by atoms with van der Waals surface area (Å²) in [4.78, 5) is 24.8. The zero-order chi connectivity index (χ0) is 20.8. The van der Waals surface area contributed by atoms with Crippen LogP contribution in [0, 0.1) is 24.0 Å². The number of hydrogen-bond acceptors (Lipinski definition) is 5. The van der Waals surface area contributed by atoms with Crippen LogP contribution in [-0.2, 0) is 4.79 Å². The van der Waals surface area contributed by atoms with Crippen molar-refractivity contribution in [3.05, 3.63) is 88.0 Å². The number of aryl methyl sites for hydroxylation is 2. The predicted molar refractivity (Wildman–Crippen MR) is 114 cm³/mol. The smallest absolute Gasteiger partial charge is 0.310 e. The van der Waals surface area contributed by atoms with E-state index in [0.717, 1.165) is 4.90 Å². The number of carbonyl (C=O) groups excluding carboxylic acids is 1. The number of hydrogen-bond donors (Lipinski definition) is 1. The Morgan fingerprint density at radius 2 is 1.79 bits per heavy atom. The highest BCUT2D eigenvalue weighted by atomic mass is 32.2. The van der Waals surface area contributed by atoms with Crippen molar-refractivity contribution in [2.24, 2.45) is 0 Å². The molecule has 1 N–H and O–H groups in total. The highest BCUT2D eigenvalue weighted by molar-refractivity contribution is 7.99. The standard InChI is InChI=1S/C22H20N2O4S/c1-15-7-8-16(2)21(13-15)29-18-11-9-17(10-12-18)23-22(25)14-28-20-6-4-3-5-19(20)24(26)27/h3-13H,14H2,1-2H3,(H,23,25). The molecule has 0 aliphatic carbocycles. The maximum absolute atomic E-state index is 12.1. The minimum absolute atomic E-state index is 0.0629. The molecule has 3 rings (SSSR count). The Morgan fingerprint density at radius 1 is 1.07 bits per heavy atom. The summed E-state index contributed by atoms with van der Waals surface area (Å²) in [7, 11) is 0. The Balaban J connectivity index is 1.58. The minimum Gasteiger partial charge on any atom is -0.477 e. The van der Waals surface area contributed by atoms with Crippen LogP contribution in [0.25, 0.3) is 0 Å². The fraction of sp³-hybridized carbons (Fsp3) is 0.136. The molecule has 0 spiro atoms. The Hall–Kier alpha value is -3.32. The number of nitrogens with zero attached hydrogens (tertiary/aromatic N) is 1. The molecule has 29 heavy (non-hydrogen) atoms. The van der Waals surface area contributed by atoms with E-state index in [0.29, 0.717) is 5.69 Å². The SMILES string of the molecule is Cc1ccc(C)c(Sc2ccc(NC(=O)COc3ccccc3[N+](=O)[O-])cc2)c1. The number of carbonyl (C=O) groups is 1. The third-order valence-electron chi connectivity index (χ3n) is 4.13. The lowest BCUT2D eigenvalue weighted by atomic mass is 10.2. The Labute approximate surface area is 173 Å². The van der Waals surface area contributed by atoms with Gasteiger partial charge in [0.15, 0.2) is 12.4 Å². The molecule has 0 radical (unpaired) electrons. The van der Waals surface area contributed by atoms with Gasteiger partial charge in [-0.1, -0.05) is 36.0 Å². The predicted octanol–water partition coefficient (Wildman–Crippen LogP) is 5.38. The van der Waals surface area contributed by atoms with E-state index < -0.39 is 10.8 Å². The van der Waals surface area contributed by atoms with Crippen molar-refractivity contribution in [2.45, 2.75) is 23.6 Å². The number of ether oxygens (including phenoxy) is 1. The Bertz CT molecular complexity index is 1040. The minimum atomic E-state index is -0.542. The molecule has 0 fully saturated rings. The summed E-state index contributed by atoms with van der Waals surface area (Å²) in [6.45, 7) is 3.82. The molecule has 0 heterocycles. The highest BCUT2D eigenvalue weighted by Crippen LogP contribution is 2.31. The number of rotatable bonds is 7. The number of amides is 1. The van der Waals surface area contributed by atoms with E-state index >= 15 is 0 Å². The lowest BCUT2D eigenvalue weighted by Gasteiger charge is -2.09. The van der Waals surface area contributed by atoms with E-state index in [1.165, 1.54) is 28.2 Å². The van der Waals surface area contributed by atoms with Crippen LogP contribution in [0.3, 0.4) is 0 Å². The van der Waals surface area contributed by atoms with Crippen LogP contribution in [0.2, 0.25) is 0 Å². The highest BCUT2D eigenvalue weighted by Gasteiger charge is 2.15. The van der Waals surface area contributed by atoms with Gasteiger partial charge in [0, 0.05) is 21.5 Å². The fourth-order valence-corrected chi connectivity index (χ4v) is 3.62. The van der Waals surface area contributed by atoms with Gasteiger partial charge in [-0.25, -0.2) is 0 Å². The van der Waals surface area contributed by atoms with Crippen molar-refractivity contribution in [3.63, 3.8) is 0 Å². The zero-order valence-electron chi connectivity index (χ0n) is 16.0. The van der Waals surface area contributed by atoms with Gasteiger partial charge >= 0.3 is 5.69 Å². The summed E-state index contributed by atoms with van der Waals surface area (Å²) in [6, 6.07) is 19.8. The molecule has 0 aliphatic rings. The number of benzene rings is 3. The van der Waals surface area contributed by atoms with Crippen molar-refractivity contribution >= 4 is 29.0 Å². The van der Waals surface area contributed by atoms with E-state index in [1.54, 1.807) is 23.9 Å². The summed E-state index contributed by atoms with van der Waals surface area (Å²) in [5, 5.41) is 13.7. The number of nitro benzene ring substituents is 1. The lowest BCUT2D eigenvalue weighted by Crippen LogP contribution is -2.20. The monoisotopic (exact) mass is 408 g/mol. The maximum Gasteiger partial charge on any atom is 0.310 e. The molecule has 0 atom stereocenters. The third-order valence-corrected chi connectivity index (χ3v) is 5.30. The van der Waals surface area contributed by atoms with Crippen LogP contribution >= 0.6 is 11.8 Å². The third kappa shape index (κ3) is 5.58. The van der Waals surface area contributed by atoms with Gasteiger partial charge in [0.2, 0.25) is 0 Å². The van der Waals surface area contributed by atoms with Gasteiger partial charge in [0.25, 0.3) is 5.91 Å². The van der Waals surface area contributed by atoms with Gasteiger partial charge in [0.1, 0.15) is 0 Å². The van der Waals surface area contributed by atoms with E-state index in [4.69, 9.17) is 4.74 Å². The van der Waals surface area contributed by atoms with Crippen molar-refractivity contribution in [1.82, 2.24) is 0 Å². The second-order valence-electron chi connectivity index (χ2n) is 6.46. The zero-order valence-corrected chi connectivity index (χ0v) is 16.9. The van der Waals surface area contributed by atoms with Crippen molar-refractivity contribution < 1.29 is 14.5 Å². The van der Waals surface area contributed by atoms with E-state index in [9.17, 15) is 14.9 Å². The molecule has 0 saturated heterocycles. The molecule has 0 saturated carbocycles. The van der Waals surface area contributed by atoms with Crippen LogP contribution in [0.15, 0.2) is 76.5 Å². The van der Waals surface area contributed by atoms with Gasteiger partial charge < -0.3 is 10.1 Å². The van der Waals surface area contributed by atoms with Crippen LogP contribution in [0.4, 0.5) is 11.4 Å². The average molecular weight is 408 g/mol. The second-order valence-corrected chi connectivity index (χ2v) is 7.57. The summed E-state index contributed by atoms with van der Waals surface area (Å²) >= 11 is 1.67. The molecule has 6 nitrogen and oxygen atoms in total. The van der Waals surface area contributed by atoms with Gasteiger partial charge in [-0.3, -0.25) is 14.9 Å². The summed E-state index contributed by atoms with van der Waals surface area (Å²) in [5.41, 5.74) is 2.88. The van der Waals surface area contributed by atoms with Gasteiger partial charge in [-0.2, -0.15) is 0 Å². The maximum atomic E-state index is 12.1. The van der Waals surface area contributed by atoms with Crippen LogP contribution in [0.1, 0.15) is 11.1 Å². The van der Waals surface area contributed by atoms with Gasteiger partial charge in [0.05, 0.1) is 4.92 Å². The summed E-state index contributed by atoms with van der Waals surface area (Å²) in [5.74, 6) is -0.328. The van der Waals surface area contributed by atoms with E-state index in [1.807, 2.05) is 24.3 Å². The molecule has 0 aliphatic heterocycles. The first kappa shape index (κ1) is 20.4. The number of nitrogens with one attached hydrogen (secondary N) is 1. The number of nitro groups is 1. The largest absolute Gasteiger partial charge is 0.477 e. The first-order chi connectivity index (χ1) is 13.9. The van der Waals surface area contributed by atoms with Gasteiger partial charge in [-0.15, -0.1) is 0 Å². The molecular weight excluding hydrogens is 388 g/mol. The van der Waals surface area contributed by atoms with Crippen LogP contribution in [-0.4, -0.2) is 17.4 Å². The molecule has 0 bridgehead atoms. The second kappa shape index (κ2) is 9.25. The molecule has 148 valence electrons. The number of para-hydroxylation sites is 2. The average Bonchev–Trinajstić information content (AvgIpc) is 2.71. The Kier molecular flexibility index (Phi) is 6.51. The van der Waals surface area contributed by atoms with E-state index in [2.05, 4.69) is 37.4 Å². The molecule has 0 aromatic heterocycles. The van der Waals surface area contributed by atoms with Crippen LogP contribution in [0.5, 0.6) is 5.75 Å². The summed E-state index contributed by atoms with van der Waals surface area (Å²) < 4.78 is 5.30. The fourth-order valence-electron chi connectivity index (χ4n) is 2.62. The Morgan fingerprint density at radius 3 is 2.52 bits per heavy atom. The van der Waals surface area contributed by atoms with Crippen molar-refractivity contribution in [2.75, 3.05) is 11.9 Å². The summed E-state index contributed by atoms with van der Waals surface area (Å²) in [6.07, 6.45) is 0. The molecule has 0 unspecified atom stereocenters. The van der Waals surface area contributed by atoms with Gasteiger partial charge in [-0.05, 0) is 61.4 Å². The molecule has 7 heteroatoms. The first-order valence-electron chi connectivity index (χ1n) is 8.93. The van der Waals surface area contributed by atoms with Crippen molar-refractivity contribution in [1.29, 1.82) is 0 Å². The quantitative estimate of drug-likeness (QED) is 0.419. The molecule has 3 aromatic rings. The lowest BCUT2D eigenvalue weighted by molar-refractivity contribution is -0.385. The normalized spacial score (nSPS) is 10.4. The first-order valence-corrected chi connectivity index (χ1v) is 9.75. The molecule has 1 amide bonds. The number of anilines is 1. The topological polar surface area (TPSA) is 81.5 Å². The van der Waals surface area contributed by atoms with Crippen LogP contribution < -0.4 is 10.1 Å².